The Labute approximate surface area is 211 Å². The van der Waals surface area contributed by atoms with Crippen molar-refractivity contribution in [1.82, 2.24) is 20.2 Å². The van der Waals surface area contributed by atoms with Crippen LogP contribution in [0.1, 0.15) is 11.1 Å². The number of hydrazone groups is 1. The number of benzene rings is 3. The molecule has 0 fully saturated rings. The molecule has 0 spiro atoms. The van der Waals surface area contributed by atoms with Crippen LogP contribution >= 0.6 is 11.8 Å². The van der Waals surface area contributed by atoms with Crippen molar-refractivity contribution in [2.75, 3.05) is 5.75 Å². The lowest BCUT2D eigenvalue weighted by molar-refractivity contribution is -0.385. The number of para-hydroxylation sites is 2. The Balaban J connectivity index is 1.42. The highest BCUT2D eigenvalue weighted by Gasteiger charge is 2.17. The first-order chi connectivity index (χ1) is 17.5. The Bertz CT molecular complexity index is 1420. The first kappa shape index (κ1) is 24.6. The van der Waals surface area contributed by atoms with Gasteiger partial charge < -0.3 is 0 Å². The summed E-state index contributed by atoms with van der Waals surface area (Å²) in [6, 6.07) is 24.1. The number of aromatic nitrogens is 3. The van der Waals surface area contributed by atoms with Gasteiger partial charge in [0, 0.05) is 23.5 Å². The van der Waals surface area contributed by atoms with E-state index in [0.29, 0.717) is 16.5 Å². The second-order valence-electron chi connectivity index (χ2n) is 7.62. The zero-order chi connectivity index (χ0) is 25.3. The Morgan fingerprint density at radius 2 is 1.78 bits per heavy atom. The van der Waals surface area contributed by atoms with Crippen molar-refractivity contribution in [2.24, 2.45) is 5.10 Å². The maximum absolute atomic E-state index is 12.3. The SMILES string of the molecule is Cc1ccc(-c2nnc(SCC(=O)N/N=C/C=C/c3ccccc3[N+](=O)[O-])n2-c2ccccc2)cc1. The topological polar surface area (TPSA) is 115 Å². The molecule has 36 heavy (non-hydrogen) atoms. The lowest BCUT2D eigenvalue weighted by Gasteiger charge is -2.10. The van der Waals surface area contributed by atoms with E-state index in [1.807, 2.05) is 66.1 Å². The van der Waals surface area contributed by atoms with E-state index < -0.39 is 4.92 Å². The molecule has 0 aliphatic rings. The van der Waals surface area contributed by atoms with Crippen molar-refractivity contribution in [1.29, 1.82) is 0 Å². The number of aryl methyl sites for hydroxylation is 1. The molecular formula is C26H22N6O3S. The minimum atomic E-state index is -0.450. The summed E-state index contributed by atoms with van der Waals surface area (Å²) in [5, 5.41) is 24.2. The quantitative estimate of drug-likeness (QED) is 0.149. The van der Waals surface area contributed by atoms with E-state index in [-0.39, 0.29) is 17.3 Å². The summed E-state index contributed by atoms with van der Waals surface area (Å²) in [4.78, 5) is 23.0. The molecule has 1 N–H and O–H groups in total. The van der Waals surface area contributed by atoms with E-state index in [4.69, 9.17) is 0 Å². The number of thioether (sulfide) groups is 1. The summed E-state index contributed by atoms with van der Waals surface area (Å²) < 4.78 is 1.92. The van der Waals surface area contributed by atoms with Crippen LogP contribution in [0.2, 0.25) is 0 Å². The van der Waals surface area contributed by atoms with Crippen LogP contribution in [-0.4, -0.2) is 37.6 Å². The summed E-state index contributed by atoms with van der Waals surface area (Å²) >= 11 is 1.24. The standard InChI is InChI=1S/C26H22N6O3S/c1-19-13-15-21(16-14-19)25-29-30-26(31(25)22-10-3-2-4-11-22)36-18-24(33)28-27-17-7-9-20-8-5-6-12-23(20)32(34)35/h2-17H,18H2,1H3,(H,28,33)/b9-7+,27-17+. The summed E-state index contributed by atoms with van der Waals surface area (Å²) in [7, 11) is 0. The van der Waals surface area contributed by atoms with Crippen LogP contribution in [0.5, 0.6) is 0 Å². The number of rotatable bonds is 9. The highest BCUT2D eigenvalue weighted by atomic mass is 32.2. The number of nitro benzene ring substituents is 1. The molecule has 4 rings (SSSR count). The molecular weight excluding hydrogens is 476 g/mol. The molecule has 0 atom stereocenters. The number of nitro groups is 1. The van der Waals surface area contributed by atoms with Crippen molar-refractivity contribution in [3.05, 3.63) is 106 Å². The van der Waals surface area contributed by atoms with E-state index in [0.717, 1.165) is 16.8 Å². The highest BCUT2D eigenvalue weighted by Crippen LogP contribution is 2.28. The van der Waals surface area contributed by atoms with Gasteiger partial charge in [0.1, 0.15) is 0 Å². The largest absolute Gasteiger partial charge is 0.276 e. The maximum Gasteiger partial charge on any atom is 0.276 e. The predicted molar refractivity (Wildman–Crippen MR) is 141 cm³/mol. The van der Waals surface area contributed by atoms with Crippen LogP contribution in [-0.2, 0) is 4.79 Å². The summed E-state index contributed by atoms with van der Waals surface area (Å²) in [5.41, 5.74) is 5.84. The fraction of sp³-hybridized carbons (Fsp3) is 0.0769. The number of hydrogen-bond donors (Lipinski definition) is 1. The molecule has 0 unspecified atom stereocenters. The summed E-state index contributed by atoms with van der Waals surface area (Å²) in [6.07, 6.45) is 4.44. The zero-order valence-corrected chi connectivity index (χ0v) is 20.1. The van der Waals surface area contributed by atoms with E-state index in [1.165, 1.54) is 30.1 Å². The number of carbonyl (C=O) groups excluding carboxylic acids is 1. The number of amides is 1. The Morgan fingerprint density at radius 3 is 2.53 bits per heavy atom. The van der Waals surface area contributed by atoms with Crippen molar-refractivity contribution >= 4 is 35.6 Å². The maximum atomic E-state index is 12.3. The minimum Gasteiger partial charge on any atom is -0.272 e. The van der Waals surface area contributed by atoms with Gasteiger partial charge in [0.05, 0.1) is 16.2 Å². The van der Waals surface area contributed by atoms with Crippen LogP contribution in [0.25, 0.3) is 23.2 Å². The van der Waals surface area contributed by atoms with E-state index in [1.54, 1.807) is 24.3 Å². The Morgan fingerprint density at radius 1 is 1.06 bits per heavy atom. The van der Waals surface area contributed by atoms with Crippen molar-refractivity contribution in [2.45, 2.75) is 12.1 Å². The average molecular weight is 499 g/mol. The molecule has 0 saturated heterocycles. The third kappa shape index (κ3) is 6.10. The third-order valence-electron chi connectivity index (χ3n) is 5.05. The van der Waals surface area contributed by atoms with Gasteiger partial charge in [-0.3, -0.25) is 19.5 Å². The molecule has 1 aromatic heterocycles. The zero-order valence-electron chi connectivity index (χ0n) is 19.3. The van der Waals surface area contributed by atoms with Crippen LogP contribution in [0.4, 0.5) is 5.69 Å². The first-order valence-electron chi connectivity index (χ1n) is 11.0. The smallest absolute Gasteiger partial charge is 0.272 e. The Hall–Kier alpha value is -4.57. The second kappa shape index (κ2) is 11.7. The highest BCUT2D eigenvalue weighted by molar-refractivity contribution is 7.99. The van der Waals surface area contributed by atoms with Crippen LogP contribution in [0.15, 0.2) is 95.2 Å². The van der Waals surface area contributed by atoms with Gasteiger partial charge in [0.25, 0.3) is 11.6 Å². The first-order valence-corrected chi connectivity index (χ1v) is 11.9. The summed E-state index contributed by atoms with van der Waals surface area (Å²) in [6.45, 7) is 2.02. The lowest BCUT2D eigenvalue weighted by Crippen LogP contribution is -2.19. The number of carbonyl (C=O) groups is 1. The van der Waals surface area contributed by atoms with Crippen LogP contribution in [0.3, 0.4) is 0 Å². The number of nitrogens with zero attached hydrogens (tertiary/aromatic N) is 5. The van der Waals surface area contributed by atoms with Gasteiger partial charge in [-0.1, -0.05) is 71.9 Å². The molecule has 0 saturated carbocycles. The molecule has 3 aromatic carbocycles. The number of allylic oxidation sites excluding steroid dienone is 1. The van der Waals surface area contributed by atoms with Gasteiger partial charge >= 0.3 is 0 Å². The van der Waals surface area contributed by atoms with Crippen molar-refractivity contribution in [3.8, 4) is 17.1 Å². The fourth-order valence-electron chi connectivity index (χ4n) is 3.32. The fourth-order valence-corrected chi connectivity index (χ4v) is 4.06. The second-order valence-corrected chi connectivity index (χ2v) is 8.56. The van der Waals surface area contributed by atoms with Crippen LogP contribution < -0.4 is 5.43 Å². The van der Waals surface area contributed by atoms with Crippen molar-refractivity contribution < 1.29 is 9.72 Å². The van der Waals surface area contributed by atoms with E-state index >= 15 is 0 Å². The normalized spacial score (nSPS) is 11.2. The molecule has 0 aliphatic carbocycles. The summed E-state index contributed by atoms with van der Waals surface area (Å²) in [5.74, 6) is 0.432. The molecule has 9 nitrogen and oxygen atoms in total. The predicted octanol–water partition coefficient (Wildman–Crippen LogP) is 5.06. The van der Waals surface area contributed by atoms with Crippen molar-refractivity contribution in [3.63, 3.8) is 0 Å². The van der Waals surface area contributed by atoms with Gasteiger partial charge in [-0.25, -0.2) is 5.43 Å². The molecule has 0 radical (unpaired) electrons. The van der Waals surface area contributed by atoms with Gasteiger partial charge in [-0.2, -0.15) is 5.10 Å². The van der Waals surface area contributed by atoms with Gasteiger partial charge in [-0.05, 0) is 37.3 Å². The molecule has 1 amide bonds. The third-order valence-corrected chi connectivity index (χ3v) is 5.98. The molecule has 180 valence electrons. The molecule has 0 aliphatic heterocycles. The number of hydrogen-bond acceptors (Lipinski definition) is 7. The van der Waals surface area contributed by atoms with Gasteiger partial charge in [-0.15, -0.1) is 10.2 Å². The molecule has 10 heteroatoms. The van der Waals surface area contributed by atoms with E-state index in [9.17, 15) is 14.9 Å². The minimum absolute atomic E-state index is 0.00452. The van der Waals surface area contributed by atoms with E-state index in [2.05, 4.69) is 20.7 Å². The average Bonchev–Trinajstić information content (AvgIpc) is 3.32. The molecule has 0 bridgehead atoms. The van der Waals surface area contributed by atoms with Gasteiger partial charge in [0.2, 0.25) is 0 Å². The molecule has 4 aromatic rings. The monoisotopic (exact) mass is 498 g/mol. The lowest BCUT2D eigenvalue weighted by atomic mass is 10.1. The molecule has 1 heterocycles. The van der Waals surface area contributed by atoms with Crippen LogP contribution in [0, 0.1) is 17.0 Å². The Kier molecular flexibility index (Phi) is 7.99. The van der Waals surface area contributed by atoms with Gasteiger partial charge in [0.15, 0.2) is 11.0 Å². The number of nitrogens with one attached hydrogen (secondary N) is 1.